The van der Waals surface area contributed by atoms with Gasteiger partial charge in [0.2, 0.25) is 0 Å². The number of carbonyl (C=O) groups is 1. The van der Waals surface area contributed by atoms with Crippen LogP contribution in [0.3, 0.4) is 0 Å². The summed E-state index contributed by atoms with van der Waals surface area (Å²) in [5, 5.41) is 12.7. The lowest BCUT2D eigenvalue weighted by molar-refractivity contribution is 0.0527. The van der Waals surface area contributed by atoms with Gasteiger partial charge in [0, 0.05) is 12.6 Å². The average molecular weight is 310 g/mol. The number of hydrogen-bond acceptors (Lipinski definition) is 3. The molecule has 0 spiro atoms. The summed E-state index contributed by atoms with van der Waals surface area (Å²) in [6.07, 6.45) is 1.41. The van der Waals surface area contributed by atoms with Crippen molar-refractivity contribution in [3.05, 3.63) is 29.6 Å². The van der Waals surface area contributed by atoms with Gasteiger partial charge in [-0.3, -0.25) is 0 Å². The summed E-state index contributed by atoms with van der Waals surface area (Å²) in [4.78, 5) is 13.7. The van der Waals surface area contributed by atoms with Gasteiger partial charge in [-0.15, -0.1) is 0 Å². The average Bonchev–Trinajstić information content (AvgIpc) is 2.61. The first kappa shape index (κ1) is 16.5. The number of halogens is 1. The maximum atomic E-state index is 13.9. The van der Waals surface area contributed by atoms with Crippen molar-refractivity contribution in [2.75, 3.05) is 20.2 Å². The minimum absolute atomic E-state index is 0.206. The van der Waals surface area contributed by atoms with Gasteiger partial charge in [0.15, 0.2) is 11.6 Å². The summed E-state index contributed by atoms with van der Waals surface area (Å²) in [6.45, 7) is 3.92. The van der Waals surface area contributed by atoms with Crippen molar-refractivity contribution in [3.63, 3.8) is 0 Å². The Hall–Kier alpha value is -1.82. The smallest absolute Gasteiger partial charge is 0.317 e. The van der Waals surface area contributed by atoms with Crippen LogP contribution in [-0.4, -0.2) is 41.8 Å². The maximum absolute atomic E-state index is 13.9. The molecule has 2 amide bonds. The Morgan fingerprint density at radius 2 is 2.27 bits per heavy atom. The van der Waals surface area contributed by atoms with Crippen molar-refractivity contribution in [2.45, 2.75) is 38.3 Å². The van der Waals surface area contributed by atoms with Gasteiger partial charge in [-0.1, -0.05) is 12.1 Å². The number of benzene rings is 1. The molecular weight excluding hydrogens is 287 g/mol. The Morgan fingerprint density at radius 1 is 1.55 bits per heavy atom. The lowest BCUT2D eigenvalue weighted by Gasteiger charge is -2.28. The Labute approximate surface area is 130 Å². The third-order valence-electron chi connectivity index (χ3n) is 3.52. The van der Waals surface area contributed by atoms with Crippen LogP contribution in [-0.2, 0) is 0 Å². The monoisotopic (exact) mass is 310 g/mol. The zero-order chi connectivity index (χ0) is 16.3. The second-order valence-corrected chi connectivity index (χ2v) is 6.32. The summed E-state index contributed by atoms with van der Waals surface area (Å²) >= 11 is 0. The summed E-state index contributed by atoms with van der Waals surface area (Å²) < 4.78 is 19.3. The number of likely N-dealkylation sites (N-methyl/N-ethyl adjacent to an activating group) is 1. The molecule has 1 aliphatic rings. The summed E-state index contributed by atoms with van der Waals surface area (Å²) in [5.74, 6) is -0.195. The van der Waals surface area contributed by atoms with Gasteiger partial charge < -0.3 is 20.1 Å². The molecule has 1 unspecified atom stereocenters. The van der Waals surface area contributed by atoms with Crippen molar-refractivity contribution in [3.8, 4) is 5.75 Å². The number of aliphatic hydroxyl groups is 1. The predicted molar refractivity (Wildman–Crippen MR) is 81.3 cm³/mol. The van der Waals surface area contributed by atoms with Crippen LogP contribution in [0.5, 0.6) is 5.75 Å². The highest BCUT2D eigenvalue weighted by Gasteiger charge is 2.26. The molecule has 0 radical (unpaired) electrons. The van der Waals surface area contributed by atoms with Crippen LogP contribution in [0, 0.1) is 5.82 Å². The standard InChI is InChI=1S/C16H23FN2O3/c1-16(2,21)10-19(3)15(20)18-13-8-5-9-22-14-11(13)6-4-7-12(14)17/h4,6-7,13,21H,5,8-10H2,1-3H3,(H,18,20). The summed E-state index contributed by atoms with van der Waals surface area (Å²) in [7, 11) is 1.62. The highest BCUT2D eigenvalue weighted by Crippen LogP contribution is 2.33. The number of para-hydroxylation sites is 1. The largest absolute Gasteiger partial charge is 0.490 e. The van der Waals surface area contributed by atoms with E-state index in [0.29, 0.717) is 18.6 Å². The number of urea groups is 1. The van der Waals surface area contributed by atoms with Crippen LogP contribution >= 0.6 is 0 Å². The molecule has 1 aliphatic heterocycles. The maximum Gasteiger partial charge on any atom is 0.317 e. The van der Waals surface area contributed by atoms with E-state index >= 15 is 0 Å². The minimum Gasteiger partial charge on any atom is -0.490 e. The number of fused-ring (bicyclic) bond motifs is 1. The van der Waals surface area contributed by atoms with Crippen molar-refractivity contribution in [2.24, 2.45) is 0 Å². The molecule has 6 heteroatoms. The number of nitrogens with one attached hydrogen (secondary N) is 1. The highest BCUT2D eigenvalue weighted by atomic mass is 19.1. The van der Waals surface area contributed by atoms with Gasteiger partial charge >= 0.3 is 6.03 Å². The zero-order valence-corrected chi connectivity index (χ0v) is 13.2. The van der Waals surface area contributed by atoms with Crippen LogP contribution in [0.15, 0.2) is 18.2 Å². The fourth-order valence-electron chi connectivity index (χ4n) is 2.63. The molecule has 5 nitrogen and oxygen atoms in total. The van der Waals surface area contributed by atoms with Crippen molar-refractivity contribution in [1.29, 1.82) is 0 Å². The number of rotatable bonds is 3. The first-order valence-electron chi connectivity index (χ1n) is 7.43. The SMILES string of the molecule is CN(CC(C)(C)O)C(=O)NC1CCCOc2c(F)cccc21. The van der Waals surface area contributed by atoms with Crippen LogP contribution in [0.4, 0.5) is 9.18 Å². The third-order valence-corrected chi connectivity index (χ3v) is 3.52. The van der Waals surface area contributed by atoms with E-state index in [1.54, 1.807) is 33.0 Å². The quantitative estimate of drug-likeness (QED) is 0.901. The molecule has 22 heavy (non-hydrogen) atoms. The Kier molecular flexibility index (Phi) is 4.90. The van der Waals surface area contributed by atoms with Gasteiger partial charge in [-0.25, -0.2) is 9.18 Å². The number of hydrogen-bond donors (Lipinski definition) is 2. The molecule has 1 aromatic rings. The van der Waals surface area contributed by atoms with Gasteiger partial charge in [0.1, 0.15) is 0 Å². The molecule has 2 rings (SSSR count). The predicted octanol–water partition coefficient (Wildman–Crippen LogP) is 2.45. The molecule has 0 saturated carbocycles. The minimum atomic E-state index is -0.970. The van der Waals surface area contributed by atoms with E-state index in [0.717, 1.165) is 6.42 Å². The zero-order valence-electron chi connectivity index (χ0n) is 13.2. The summed E-state index contributed by atoms with van der Waals surface area (Å²) in [5.41, 5.74) is -0.314. The Balaban J connectivity index is 2.13. The lowest BCUT2D eigenvalue weighted by atomic mass is 10.0. The van der Waals surface area contributed by atoms with Gasteiger partial charge in [0.25, 0.3) is 0 Å². The van der Waals surface area contributed by atoms with E-state index in [1.165, 1.54) is 11.0 Å². The van der Waals surface area contributed by atoms with E-state index in [1.807, 2.05) is 0 Å². The van der Waals surface area contributed by atoms with Crippen molar-refractivity contribution in [1.82, 2.24) is 10.2 Å². The van der Waals surface area contributed by atoms with E-state index < -0.39 is 11.4 Å². The van der Waals surface area contributed by atoms with E-state index in [-0.39, 0.29) is 24.4 Å². The molecule has 1 heterocycles. The van der Waals surface area contributed by atoms with E-state index in [9.17, 15) is 14.3 Å². The van der Waals surface area contributed by atoms with Crippen LogP contribution in [0.2, 0.25) is 0 Å². The highest BCUT2D eigenvalue weighted by molar-refractivity contribution is 5.74. The normalized spacial score (nSPS) is 18.0. The van der Waals surface area contributed by atoms with Crippen molar-refractivity contribution < 1.29 is 19.0 Å². The fraction of sp³-hybridized carbons (Fsp3) is 0.562. The van der Waals surface area contributed by atoms with Crippen LogP contribution < -0.4 is 10.1 Å². The van der Waals surface area contributed by atoms with E-state index in [4.69, 9.17) is 4.74 Å². The molecule has 1 atom stereocenters. The third kappa shape index (κ3) is 4.10. The van der Waals surface area contributed by atoms with Crippen molar-refractivity contribution >= 4 is 6.03 Å². The Morgan fingerprint density at radius 3 is 2.95 bits per heavy atom. The van der Waals surface area contributed by atoms with E-state index in [2.05, 4.69) is 5.32 Å². The first-order valence-corrected chi connectivity index (χ1v) is 7.43. The van der Waals surface area contributed by atoms with Crippen LogP contribution in [0.1, 0.15) is 38.3 Å². The molecule has 0 saturated heterocycles. The fourth-order valence-corrected chi connectivity index (χ4v) is 2.63. The number of nitrogens with zero attached hydrogens (tertiary/aromatic N) is 1. The molecule has 0 aromatic heterocycles. The van der Waals surface area contributed by atoms with Gasteiger partial charge in [-0.2, -0.15) is 0 Å². The molecule has 122 valence electrons. The second-order valence-electron chi connectivity index (χ2n) is 6.32. The topological polar surface area (TPSA) is 61.8 Å². The Bertz CT molecular complexity index is 543. The van der Waals surface area contributed by atoms with Gasteiger partial charge in [-0.05, 0) is 32.8 Å². The first-order chi connectivity index (χ1) is 10.3. The molecule has 0 bridgehead atoms. The van der Waals surface area contributed by atoms with Crippen LogP contribution in [0.25, 0.3) is 0 Å². The second kappa shape index (κ2) is 6.52. The molecule has 0 aliphatic carbocycles. The molecular formula is C16H23FN2O3. The van der Waals surface area contributed by atoms with Gasteiger partial charge in [0.05, 0.1) is 24.8 Å². The molecule has 1 aromatic carbocycles. The number of ether oxygens (including phenoxy) is 1. The number of amides is 2. The summed E-state index contributed by atoms with van der Waals surface area (Å²) in [6, 6.07) is 4.13. The lowest BCUT2D eigenvalue weighted by Crippen LogP contribution is -2.45. The molecule has 2 N–H and O–H groups in total. The molecule has 0 fully saturated rings. The number of carbonyl (C=O) groups excluding carboxylic acids is 1.